The molecule has 21 heavy (non-hydrogen) atoms. The number of hydrazine groups is 1. The highest BCUT2D eigenvalue weighted by Gasteiger charge is 2.19. The van der Waals surface area contributed by atoms with Crippen molar-refractivity contribution in [3.05, 3.63) is 33.9 Å². The average molecular weight is 295 g/mol. The summed E-state index contributed by atoms with van der Waals surface area (Å²) in [6, 6.07) is 2.99. The van der Waals surface area contributed by atoms with Crippen molar-refractivity contribution < 1.29 is 14.5 Å². The van der Waals surface area contributed by atoms with E-state index >= 15 is 0 Å². The highest BCUT2D eigenvalue weighted by molar-refractivity contribution is 5.98. The van der Waals surface area contributed by atoms with Gasteiger partial charge in [-0.05, 0) is 26.0 Å². The number of rotatable bonds is 6. The summed E-state index contributed by atoms with van der Waals surface area (Å²) in [4.78, 5) is 33.7. The van der Waals surface area contributed by atoms with E-state index in [1.165, 1.54) is 25.1 Å². The van der Waals surface area contributed by atoms with Crippen LogP contribution in [0.15, 0.2) is 18.2 Å². The van der Waals surface area contributed by atoms with Crippen LogP contribution < -0.4 is 21.9 Å². The predicted octanol–water partition coefficient (Wildman–Crippen LogP) is 0.135. The lowest BCUT2D eigenvalue weighted by molar-refractivity contribution is -0.384. The normalized spacial score (nSPS) is 11.4. The summed E-state index contributed by atoms with van der Waals surface area (Å²) >= 11 is 0. The number of nitro groups is 1. The van der Waals surface area contributed by atoms with Crippen LogP contribution in [0.3, 0.4) is 0 Å². The maximum absolute atomic E-state index is 12.0. The topological polar surface area (TPSA) is 139 Å². The van der Waals surface area contributed by atoms with Crippen molar-refractivity contribution in [2.75, 3.05) is 12.0 Å². The van der Waals surface area contributed by atoms with Crippen LogP contribution in [0.2, 0.25) is 0 Å². The van der Waals surface area contributed by atoms with Gasteiger partial charge in [-0.25, -0.2) is 0 Å². The molecule has 0 aliphatic rings. The van der Waals surface area contributed by atoms with E-state index < -0.39 is 16.9 Å². The minimum atomic E-state index is -0.720. The van der Waals surface area contributed by atoms with Gasteiger partial charge in [-0.2, -0.15) is 0 Å². The number of likely N-dealkylation sites (N-methyl/N-ethyl adjacent to an activating group) is 1. The molecule has 1 unspecified atom stereocenters. The van der Waals surface area contributed by atoms with Crippen LogP contribution in [0.1, 0.15) is 24.2 Å². The van der Waals surface area contributed by atoms with E-state index in [0.717, 1.165) is 0 Å². The Hall–Kier alpha value is -2.68. The van der Waals surface area contributed by atoms with Crippen molar-refractivity contribution in [3.8, 4) is 0 Å². The molecule has 0 radical (unpaired) electrons. The van der Waals surface area contributed by atoms with Crippen LogP contribution in [0.5, 0.6) is 0 Å². The smallest absolute Gasteiger partial charge is 0.293 e. The van der Waals surface area contributed by atoms with Gasteiger partial charge in [-0.15, -0.1) is 0 Å². The van der Waals surface area contributed by atoms with Crippen molar-refractivity contribution >= 4 is 23.2 Å². The zero-order chi connectivity index (χ0) is 16.0. The summed E-state index contributed by atoms with van der Waals surface area (Å²) in [5.41, 5.74) is 2.09. The van der Waals surface area contributed by atoms with Gasteiger partial charge in [0.2, 0.25) is 5.91 Å². The second-order valence-electron chi connectivity index (χ2n) is 4.22. The molecule has 5 N–H and O–H groups in total. The number of anilines is 1. The second-order valence-corrected chi connectivity index (χ2v) is 4.22. The van der Waals surface area contributed by atoms with Crippen LogP contribution in [0.4, 0.5) is 11.4 Å². The number of hydrogen-bond donors (Lipinski definition) is 4. The Morgan fingerprint density at radius 3 is 2.62 bits per heavy atom. The number of hydrogen-bond acceptors (Lipinski definition) is 6. The third kappa shape index (κ3) is 4.14. The predicted molar refractivity (Wildman–Crippen MR) is 76.5 cm³/mol. The molecule has 0 bridgehead atoms. The number of nitrogens with zero attached hydrogens (tertiary/aromatic N) is 1. The SMILES string of the molecule is CCNC(=O)C(C)NC(=O)c1ccc([N+](=O)[O-])c(NN)c1. The van der Waals surface area contributed by atoms with E-state index in [2.05, 4.69) is 16.1 Å². The van der Waals surface area contributed by atoms with E-state index in [1.54, 1.807) is 6.92 Å². The summed E-state index contributed by atoms with van der Waals surface area (Å²) in [6.07, 6.45) is 0. The molecule has 0 aliphatic carbocycles. The molecular weight excluding hydrogens is 278 g/mol. The molecule has 0 fully saturated rings. The molecule has 1 rings (SSSR count). The first-order valence-electron chi connectivity index (χ1n) is 6.24. The first-order chi connectivity index (χ1) is 9.90. The van der Waals surface area contributed by atoms with Crippen molar-refractivity contribution in [2.24, 2.45) is 5.84 Å². The van der Waals surface area contributed by atoms with Gasteiger partial charge in [0, 0.05) is 18.2 Å². The molecule has 0 aliphatic heterocycles. The third-order valence-corrected chi connectivity index (χ3v) is 2.70. The van der Waals surface area contributed by atoms with Crippen molar-refractivity contribution in [1.82, 2.24) is 10.6 Å². The highest BCUT2D eigenvalue weighted by Crippen LogP contribution is 2.24. The van der Waals surface area contributed by atoms with Crippen LogP contribution in [0, 0.1) is 10.1 Å². The first kappa shape index (κ1) is 16.4. The Bertz CT molecular complexity index is 561. The fraction of sp³-hybridized carbons (Fsp3) is 0.333. The van der Waals surface area contributed by atoms with Crippen LogP contribution in [-0.4, -0.2) is 29.3 Å². The van der Waals surface area contributed by atoms with E-state index in [1.807, 2.05) is 0 Å². The van der Waals surface area contributed by atoms with Crippen molar-refractivity contribution in [3.63, 3.8) is 0 Å². The largest absolute Gasteiger partial charge is 0.355 e. The van der Waals surface area contributed by atoms with Gasteiger partial charge in [0.05, 0.1) is 4.92 Å². The Balaban J connectivity index is 2.88. The Labute approximate surface area is 121 Å². The fourth-order valence-electron chi connectivity index (χ4n) is 1.62. The fourth-order valence-corrected chi connectivity index (χ4v) is 1.62. The molecule has 0 saturated carbocycles. The number of amides is 2. The summed E-state index contributed by atoms with van der Waals surface area (Å²) in [6.45, 7) is 3.76. The zero-order valence-electron chi connectivity index (χ0n) is 11.7. The lowest BCUT2D eigenvalue weighted by atomic mass is 10.1. The maximum Gasteiger partial charge on any atom is 0.293 e. The summed E-state index contributed by atoms with van der Waals surface area (Å²) in [5.74, 6) is 4.35. The number of carbonyl (C=O) groups is 2. The average Bonchev–Trinajstić information content (AvgIpc) is 2.46. The Morgan fingerprint density at radius 1 is 1.43 bits per heavy atom. The summed E-state index contributed by atoms with van der Waals surface area (Å²) in [5, 5.41) is 15.8. The van der Waals surface area contributed by atoms with Crippen LogP contribution in [0.25, 0.3) is 0 Å². The van der Waals surface area contributed by atoms with Crippen molar-refractivity contribution in [2.45, 2.75) is 19.9 Å². The summed E-state index contributed by atoms with van der Waals surface area (Å²) < 4.78 is 0. The lowest BCUT2D eigenvalue weighted by Gasteiger charge is -2.13. The molecule has 0 heterocycles. The minimum absolute atomic E-state index is 0.0123. The number of nitrogens with one attached hydrogen (secondary N) is 3. The first-order valence-corrected chi connectivity index (χ1v) is 6.24. The number of carbonyl (C=O) groups excluding carboxylic acids is 2. The lowest BCUT2D eigenvalue weighted by Crippen LogP contribution is -2.44. The Kier molecular flexibility index (Phi) is 5.61. The summed E-state index contributed by atoms with van der Waals surface area (Å²) in [7, 11) is 0. The molecule has 9 nitrogen and oxygen atoms in total. The molecule has 0 saturated heterocycles. The molecule has 1 aromatic rings. The molecule has 1 atom stereocenters. The van der Waals surface area contributed by atoms with Crippen molar-refractivity contribution in [1.29, 1.82) is 0 Å². The van der Waals surface area contributed by atoms with E-state index in [-0.39, 0.29) is 22.8 Å². The standard InChI is InChI=1S/C12H17N5O4/c1-3-14-11(18)7(2)15-12(19)8-4-5-10(17(20)21)9(6-8)16-13/h4-7,16H,3,13H2,1-2H3,(H,14,18)(H,15,19). The van der Waals surface area contributed by atoms with Crippen LogP contribution >= 0.6 is 0 Å². The number of nitrogen functional groups attached to an aromatic ring is 1. The molecule has 2 amide bonds. The van der Waals surface area contributed by atoms with Gasteiger partial charge < -0.3 is 16.1 Å². The van der Waals surface area contributed by atoms with E-state index in [9.17, 15) is 19.7 Å². The van der Waals surface area contributed by atoms with Gasteiger partial charge >= 0.3 is 0 Å². The zero-order valence-corrected chi connectivity index (χ0v) is 11.7. The quantitative estimate of drug-likeness (QED) is 0.334. The monoisotopic (exact) mass is 295 g/mol. The maximum atomic E-state index is 12.0. The second kappa shape index (κ2) is 7.20. The van der Waals surface area contributed by atoms with Gasteiger partial charge in [0.1, 0.15) is 11.7 Å². The highest BCUT2D eigenvalue weighted by atomic mass is 16.6. The molecule has 0 spiro atoms. The van der Waals surface area contributed by atoms with Crippen LogP contribution in [-0.2, 0) is 4.79 Å². The molecular formula is C12H17N5O4. The number of nitro benzene ring substituents is 1. The van der Waals surface area contributed by atoms with Gasteiger partial charge in [-0.1, -0.05) is 0 Å². The molecule has 0 aromatic heterocycles. The number of benzene rings is 1. The van der Waals surface area contributed by atoms with Gasteiger partial charge in [-0.3, -0.25) is 25.5 Å². The molecule has 114 valence electrons. The van der Waals surface area contributed by atoms with E-state index in [0.29, 0.717) is 6.54 Å². The third-order valence-electron chi connectivity index (χ3n) is 2.70. The molecule has 1 aromatic carbocycles. The van der Waals surface area contributed by atoms with E-state index in [4.69, 9.17) is 5.84 Å². The number of nitrogens with two attached hydrogens (primary N) is 1. The molecule has 9 heteroatoms. The van der Waals surface area contributed by atoms with Gasteiger partial charge in [0.15, 0.2) is 0 Å². The minimum Gasteiger partial charge on any atom is -0.355 e. The Morgan fingerprint density at radius 2 is 2.10 bits per heavy atom. The van der Waals surface area contributed by atoms with Gasteiger partial charge in [0.25, 0.3) is 11.6 Å².